The van der Waals surface area contributed by atoms with E-state index < -0.39 is 0 Å². The number of aromatic nitrogens is 1. The Bertz CT molecular complexity index is 980. The van der Waals surface area contributed by atoms with Gasteiger partial charge in [-0.25, -0.2) is 4.39 Å². The maximum atomic E-state index is 13.4. The molecule has 0 fully saturated rings. The van der Waals surface area contributed by atoms with Crippen molar-refractivity contribution in [3.63, 3.8) is 0 Å². The Labute approximate surface area is 155 Å². The fourth-order valence-electron chi connectivity index (χ4n) is 3.44. The smallest absolute Gasteiger partial charge is 0.126 e. The van der Waals surface area contributed by atoms with Gasteiger partial charge in [0.05, 0.1) is 11.4 Å². The van der Waals surface area contributed by atoms with Crippen LogP contribution in [0, 0.1) is 33.5 Å². The van der Waals surface area contributed by atoms with Gasteiger partial charge in [0.1, 0.15) is 5.82 Å². The highest BCUT2D eigenvalue weighted by molar-refractivity contribution is 5.84. The summed E-state index contributed by atoms with van der Waals surface area (Å²) < 4.78 is 15.7. The highest BCUT2D eigenvalue weighted by Crippen LogP contribution is 2.26. The van der Waals surface area contributed by atoms with E-state index in [-0.39, 0.29) is 5.82 Å². The molecule has 0 bridgehead atoms. The summed E-state index contributed by atoms with van der Waals surface area (Å²) in [5.41, 5.74) is 8.67. The summed E-state index contributed by atoms with van der Waals surface area (Å²) in [4.78, 5) is 4.55. The first kappa shape index (κ1) is 18.1. The van der Waals surface area contributed by atoms with Gasteiger partial charge in [0.2, 0.25) is 0 Å². The van der Waals surface area contributed by atoms with Crippen LogP contribution in [0.1, 0.15) is 40.6 Å². The van der Waals surface area contributed by atoms with Gasteiger partial charge >= 0.3 is 0 Å². The van der Waals surface area contributed by atoms with Crippen LogP contribution in [0.3, 0.4) is 0 Å². The summed E-state index contributed by atoms with van der Waals surface area (Å²) in [7, 11) is 0. The number of aryl methyl sites for hydroxylation is 4. The van der Waals surface area contributed by atoms with Crippen molar-refractivity contribution in [2.75, 3.05) is 0 Å². The van der Waals surface area contributed by atoms with Gasteiger partial charge in [0.25, 0.3) is 0 Å². The minimum atomic E-state index is -0.200. The van der Waals surface area contributed by atoms with Gasteiger partial charge in [-0.05, 0) is 75.1 Å². The molecule has 0 radical (unpaired) electrons. The van der Waals surface area contributed by atoms with Crippen LogP contribution in [0.2, 0.25) is 0 Å². The number of hydrogen-bond acceptors (Lipinski definition) is 1. The highest BCUT2D eigenvalue weighted by Gasteiger charge is 2.14. The van der Waals surface area contributed by atoms with E-state index in [4.69, 9.17) is 0 Å². The molecule has 134 valence electrons. The summed E-state index contributed by atoms with van der Waals surface area (Å²) in [5.74, 6) is -0.200. The summed E-state index contributed by atoms with van der Waals surface area (Å²) in [5, 5.41) is 0. The largest absolute Gasteiger partial charge is 0.317 e. The van der Waals surface area contributed by atoms with E-state index in [1.165, 1.54) is 28.6 Å². The van der Waals surface area contributed by atoms with Crippen LogP contribution < -0.4 is 0 Å². The van der Waals surface area contributed by atoms with Crippen LogP contribution in [0.4, 0.5) is 10.1 Å². The standard InChI is InChI=1S/C23H25FN2/c1-6-19-9-7-8-15(2)23(19)26-17(4)13-20(18(26)5)14-25-21-10-11-22(24)16(3)12-21/h7-14H,6H2,1-5H3. The maximum Gasteiger partial charge on any atom is 0.126 e. The van der Waals surface area contributed by atoms with Crippen LogP contribution in [0.5, 0.6) is 0 Å². The molecule has 0 aliphatic carbocycles. The fraction of sp³-hybridized carbons (Fsp3) is 0.261. The minimum Gasteiger partial charge on any atom is -0.317 e. The minimum absolute atomic E-state index is 0.200. The molecule has 3 aromatic rings. The lowest BCUT2D eigenvalue weighted by atomic mass is 10.1. The zero-order chi connectivity index (χ0) is 18.8. The first-order chi connectivity index (χ1) is 12.4. The number of halogens is 1. The van der Waals surface area contributed by atoms with Gasteiger partial charge in [-0.1, -0.05) is 25.1 Å². The molecule has 0 saturated carbocycles. The normalized spacial score (nSPS) is 11.5. The number of benzene rings is 2. The second-order valence-electron chi connectivity index (χ2n) is 6.79. The predicted molar refractivity (Wildman–Crippen MR) is 108 cm³/mol. The Morgan fingerprint density at radius 2 is 1.77 bits per heavy atom. The van der Waals surface area contributed by atoms with Crippen LogP contribution >= 0.6 is 0 Å². The first-order valence-corrected chi connectivity index (χ1v) is 9.00. The third-order valence-electron chi connectivity index (χ3n) is 4.89. The molecule has 1 aromatic heterocycles. The van der Waals surface area contributed by atoms with Crippen LogP contribution in [0.15, 0.2) is 47.5 Å². The van der Waals surface area contributed by atoms with Gasteiger partial charge in [-0.2, -0.15) is 0 Å². The lowest BCUT2D eigenvalue weighted by Gasteiger charge is -2.17. The van der Waals surface area contributed by atoms with E-state index in [0.29, 0.717) is 5.56 Å². The average Bonchev–Trinajstić information content (AvgIpc) is 2.89. The molecule has 0 unspecified atom stereocenters. The van der Waals surface area contributed by atoms with Crippen molar-refractivity contribution in [1.82, 2.24) is 4.57 Å². The zero-order valence-electron chi connectivity index (χ0n) is 16.1. The second kappa shape index (κ2) is 7.28. The number of hydrogen-bond donors (Lipinski definition) is 0. The molecule has 26 heavy (non-hydrogen) atoms. The summed E-state index contributed by atoms with van der Waals surface area (Å²) in [6.45, 7) is 10.3. The molecular weight excluding hydrogens is 323 g/mol. The van der Waals surface area contributed by atoms with Crippen LogP contribution in [-0.2, 0) is 6.42 Å². The molecular formula is C23H25FN2. The van der Waals surface area contributed by atoms with Crippen molar-refractivity contribution < 1.29 is 4.39 Å². The Morgan fingerprint density at radius 3 is 2.46 bits per heavy atom. The lowest BCUT2D eigenvalue weighted by Crippen LogP contribution is -2.05. The number of para-hydroxylation sites is 1. The quantitative estimate of drug-likeness (QED) is 0.502. The fourth-order valence-corrected chi connectivity index (χ4v) is 3.44. The Morgan fingerprint density at radius 1 is 1.00 bits per heavy atom. The third-order valence-corrected chi connectivity index (χ3v) is 4.89. The van der Waals surface area contributed by atoms with E-state index in [9.17, 15) is 4.39 Å². The molecule has 3 rings (SSSR count). The topological polar surface area (TPSA) is 17.3 Å². The van der Waals surface area contributed by atoms with Crippen molar-refractivity contribution in [2.45, 2.75) is 41.0 Å². The summed E-state index contributed by atoms with van der Waals surface area (Å²) in [6, 6.07) is 13.5. The summed E-state index contributed by atoms with van der Waals surface area (Å²) in [6.07, 6.45) is 2.86. The predicted octanol–water partition coefficient (Wildman–Crippen LogP) is 6.16. The van der Waals surface area contributed by atoms with Gasteiger partial charge in [-0.15, -0.1) is 0 Å². The van der Waals surface area contributed by atoms with Crippen molar-refractivity contribution >= 4 is 11.9 Å². The Balaban J connectivity index is 2.04. The van der Waals surface area contributed by atoms with Gasteiger partial charge < -0.3 is 4.57 Å². The van der Waals surface area contributed by atoms with E-state index >= 15 is 0 Å². The van der Waals surface area contributed by atoms with Crippen LogP contribution in [0.25, 0.3) is 5.69 Å². The van der Waals surface area contributed by atoms with Gasteiger partial charge in [-0.3, -0.25) is 4.99 Å². The SMILES string of the molecule is CCc1cccc(C)c1-n1c(C)cc(C=Nc2ccc(F)c(C)c2)c1C. The van der Waals surface area contributed by atoms with E-state index in [1.54, 1.807) is 19.1 Å². The Kier molecular flexibility index (Phi) is 5.08. The molecule has 0 saturated heterocycles. The molecule has 0 aliphatic heterocycles. The van der Waals surface area contributed by atoms with E-state index in [2.05, 4.69) is 61.5 Å². The molecule has 0 atom stereocenters. The van der Waals surface area contributed by atoms with Crippen molar-refractivity contribution in [1.29, 1.82) is 0 Å². The molecule has 0 aliphatic rings. The second-order valence-corrected chi connectivity index (χ2v) is 6.79. The molecule has 2 aromatic carbocycles. The van der Waals surface area contributed by atoms with E-state index in [0.717, 1.165) is 23.4 Å². The summed E-state index contributed by atoms with van der Waals surface area (Å²) >= 11 is 0. The molecule has 0 spiro atoms. The highest BCUT2D eigenvalue weighted by atomic mass is 19.1. The van der Waals surface area contributed by atoms with Gasteiger partial charge in [0, 0.05) is 23.2 Å². The van der Waals surface area contributed by atoms with Crippen molar-refractivity contribution in [3.8, 4) is 5.69 Å². The number of aliphatic imine (C=N–C) groups is 1. The van der Waals surface area contributed by atoms with E-state index in [1.807, 2.05) is 6.21 Å². The van der Waals surface area contributed by atoms with Gasteiger partial charge in [0.15, 0.2) is 0 Å². The van der Waals surface area contributed by atoms with Crippen LogP contribution in [-0.4, -0.2) is 10.8 Å². The molecule has 0 amide bonds. The monoisotopic (exact) mass is 348 g/mol. The molecule has 3 heteroatoms. The lowest BCUT2D eigenvalue weighted by molar-refractivity contribution is 0.618. The zero-order valence-corrected chi connectivity index (χ0v) is 16.1. The number of nitrogens with zero attached hydrogens (tertiary/aromatic N) is 2. The van der Waals surface area contributed by atoms with Crippen molar-refractivity contribution in [3.05, 3.63) is 81.9 Å². The first-order valence-electron chi connectivity index (χ1n) is 9.00. The molecule has 0 N–H and O–H groups in total. The molecule has 1 heterocycles. The molecule has 2 nitrogen and oxygen atoms in total. The number of rotatable bonds is 4. The Hall–Kier alpha value is -2.68. The maximum absolute atomic E-state index is 13.4. The average molecular weight is 348 g/mol. The third kappa shape index (κ3) is 3.34. The van der Waals surface area contributed by atoms with Crippen molar-refractivity contribution in [2.24, 2.45) is 4.99 Å².